The van der Waals surface area contributed by atoms with Crippen molar-refractivity contribution in [3.8, 4) is 0 Å². The van der Waals surface area contributed by atoms with Crippen molar-refractivity contribution in [2.24, 2.45) is 0 Å². The molecule has 0 unspecified atom stereocenters. The first-order chi connectivity index (χ1) is 14.8. The van der Waals surface area contributed by atoms with Crippen LogP contribution in [0.2, 0.25) is 0 Å². The second-order valence-corrected chi connectivity index (χ2v) is 10.7. The van der Waals surface area contributed by atoms with Crippen LogP contribution in [0.4, 0.5) is 0 Å². The van der Waals surface area contributed by atoms with E-state index in [1.54, 1.807) is 30.3 Å². The fourth-order valence-electron chi connectivity index (χ4n) is 3.12. The quantitative estimate of drug-likeness (QED) is 0.361. The first-order valence-corrected chi connectivity index (χ1v) is 13.0. The molecule has 3 N–H and O–H groups in total. The Labute approximate surface area is 184 Å². The molecular weight excluding hydrogens is 480 g/mol. The first-order valence-electron chi connectivity index (χ1n) is 8.72. The van der Waals surface area contributed by atoms with Crippen LogP contribution < -0.4 is 0 Å². The number of fused-ring (bicyclic) bond motifs is 2. The summed E-state index contributed by atoms with van der Waals surface area (Å²) in [5.74, 6) is 0. The Hall–Kier alpha value is -2.87. The molecule has 0 fully saturated rings. The van der Waals surface area contributed by atoms with E-state index in [1.165, 1.54) is 30.3 Å². The molecule has 4 rings (SSSR count). The minimum absolute atomic E-state index is 0.0233. The molecule has 0 spiro atoms. The van der Waals surface area contributed by atoms with Crippen LogP contribution in [-0.2, 0) is 30.4 Å². The maximum Gasteiger partial charge on any atom is 0.295 e. The van der Waals surface area contributed by atoms with Gasteiger partial charge in [-0.15, -0.1) is 0 Å². The highest BCUT2D eigenvalue weighted by Crippen LogP contribution is 2.28. The molecule has 0 bridgehead atoms. The minimum Gasteiger partial charge on any atom is -0.282 e. The zero-order valence-corrected chi connectivity index (χ0v) is 18.5. The van der Waals surface area contributed by atoms with Crippen LogP contribution >= 0.6 is 0 Å². The van der Waals surface area contributed by atoms with E-state index >= 15 is 0 Å². The zero-order valence-electron chi connectivity index (χ0n) is 16.0. The van der Waals surface area contributed by atoms with Gasteiger partial charge < -0.3 is 0 Å². The van der Waals surface area contributed by atoms with Gasteiger partial charge >= 0.3 is 0 Å². The third-order valence-electron chi connectivity index (χ3n) is 4.43. The van der Waals surface area contributed by atoms with Gasteiger partial charge in [-0.3, -0.25) is 13.7 Å². The molecule has 0 aliphatic carbocycles. The van der Waals surface area contributed by atoms with Crippen LogP contribution in [-0.4, -0.2) is 38.9 Å². The molecule has 0 saturated heterocycles. The third-order valence-corrected chi connectivity index (χ3v) is 7.16. The highest BCUT2D eigenvalue weighted by molar-refractivity contribution is 7.86. The number of benzene rings is 4. The van der Waals surface area contributed by atoms with Gasteiger partial charge in [-0.25, -0.2) is 0 Å². The third kappa shape index (κ3) is 5.12. The molecule has 168 valence electrons. The van der Waals surface area contributed by atoms with Crippen molar-refractivity contribution in [3.63, 3.8) is 0 Å². The molecule has 0 heterocycles. The molecule has 0 aliphatic heterocycles. The van der Waals surface area contributed by atoms with Crippen LogP contribution in [0, 0.1) is 0 Å². The van der Waals surface area contributed by atoms with E-state index in [0.717, 1.165) is 17.5 Å². The fourth-order valence-corrected chi connectivity index (χ4v) is 5.25. The average Bonchev–Trinajstić information content (AvgIpc) is 2.71. The lowest BCUT2D eigenvalue weighted by atomic mass is 10.1. The molecule has 32 heavy (non-hydrogen) atoms. The number of hydrogen-bond donors (Lipinski definition) is 3. The summed E-state index contributed by atoms with van der Waals surface area (Å²) in [7, 11) is -13.1. The lowest BCUT2D eigenvalue weighted by Gasteiger charge is -2.06. The largest absolute Gasteiger partial charge is 0.295 e. The van der Waals surface area contributed by atoms with Gasteiger partial charge in [0.15, 0.2) is 0 Å². The normalized spacial score (nSPS) is 12.3. The maximum absolute atomic E-state index is 11.2. The molecule has 4 aromatic carbocycles. The SMILES string of the molecule is O=S(=O)(O)c1cccc2c(S(=O)(=O)O)cccc12.O=S(=O)(O)c1cccc2ccccc12. The van der Waals surface area contributed by atoms with Gasteiger partial charge in [0.1, 0.15) is 14.7 Å². The van der Waals surface area contributed by atoms with Gasteiger partial charge in [0.05, 0.1) is 0 Å². The molecule has 12 heteroatoms. The van der Waals surface area contributed by atoms with Gasteiger partial charge in [0.25, 0.3) is 30.4 Å². The van der Waals surface area contributed by atoms with E-state index in [2.05, 4.69) is 0 Å². The van der Waals surface area contributed by atoms with E-state index in [-0.39, 0.29) is 15.7 Å². The van der Waals surface area contributed by atoms with Crippen LogP contribution in [0.3, 0.4) is 0 Å². The maximum atomic E-state index is 11.2. The van der Waals surface area contributed by atoms with Crippen molar-refractivity contribution in [2.75, 3.05) is 0 Å². The smallest absolute Gasteiger partial charge is 0.282 e. The van der Waals surface area contributed by atoms with Gasteiger partial charge in [-0.1, -0.05) is 60.7 Å². The molecule has 0 saturated carbocycles. The van der Waals surface area contributed by atoms with Crippen molar-refractivity contribution in [2.45, 2.75) is 14.7 Å². The van der Waals surface area contributed by atoms with Crippen molar-refractivity contribution >= 4 is 51.9 Å². The molecule has 0 amide bonds. The Morgan fingerprint density at radius 3 is 1.16 bits per heavy atom. The molecule has 9 nitrogen and oxygen atoms in total. The summed E-state index contributed by atoms with van der Waals surface area (Å²) in [6.07, 6.45) is 0. The number of rotatable bonds is 3. The van der Waals surface area contributed by atoms with E-state index in [1.807, 2.05) is 6.07 Å². The van der Waals surface area contributed by atoms with E-state index in [0.29, 0.717) is 5.39 Å². The Balaban J connectivity index is 0.000000186. The molecule has 0 aromatic heterocycles. The summed E-state index contributed by atoms with van der Waals surface area (Å²) >= 11 is 0. The van der Waals surface area contributed by atoms with Gasteiger partial charge in [0.2, 0.25) is 0 Å². The van der Waals surface area contributed by atoms with Crippen molar-refractivity contribution in [3.05, 3.63) is 78.9 Å². The number of hydrogen-bond acceptors (Lipinski definition) is 6. The Morgan fingerprint density at radius 2 is 0.719 bits per heavy atom. The summed E-state index contributed by atoms with van der Waals surface area (Å²) in [6.45, 7) is 0. The van der Waals surface area contributed by atoms with Crippen molar-refractivity contribution in [1.82, 2.24) is 0 Å². The predicted molar refractivity (Wildman–Crippen MR) is 117 cm³/mol. The summed E-state index contributed by atoms with van der Waals surface area (Å²) in [6, 6.07) is 19.3. The summed E-state index contributed by atoms with van der Waals surface area (Å²) in [4.78, 5) is -0.869. The lowest BCUT2D eigenvalue weighted by molar-refractivity contribution is 0.481. The molecule has 0 radical (unpaired) electrons. The zero-order chi connectivity index (χ0) is 23.7. The van der Waals surface area contributed by atoms with E-state index in [4.69, 9.17) is 13.7 Å². The van der Waals surface area contributed by atoms with E-state index < -0.39 is 40.1 Å². The van der Waals surface area contributed by atoms with E-state index in [9.17, 15) is 25.3 Å². The van der Waals surface area contributed by atoms with Crippen LogP contribution in [0.5, 0.6) is 0 Å². The monoisotopic (exact) mass is 496 g/mol. The average molecular weight is 497 g/mol. The first kappa shape index (κ1) is 23.8. The summed E-state index contributed by atoms with van der Waals surface area (Å²) < 4.78 is 93.7. The van der Waals surface area contributed by atoms with Crippen molar-refractivity contribution in [1.29, 1.82) is 0 Å². The Kier molecular flexibility index (Phi) is 6.38. The molecule has 0 aliphatic rings. The van der Waals surface area contributed by atoms with Crippen LogP contribution in [0.25, 0.3) is 21.5 Å². The highest BCUT2D eigenvalue weighted by atomic mass is 32.2. The fraction of sp³-hybridized carbons (Fsp3) is 0. The second kappa shape index (κ2) is 8.58. The van der Waals surface area contributed by atoms with Crippen molar-refractivity contribution < 1.29 is 38.9 Å². The summed E-state index contributed by atoms with van der Waals surface area (Å²) in [5.41, 5.74) is 0. The topological polar surface area (TPSA) is 163 Å². The van der Waals surface area contributed by atoms with Gasteiger partial charge in [-0.2, -0.15) is 25.3 Å². The molecular formula is C20H16O9S3. The van der Waals surface area contributed by atoms with Crippen LogP contribution in [0.1, 0.15) is 0 Å². The predicted octanol–water partition coefficient (Wildman–Crippen LogP) is 3.42. The molecule has 4 aromatic rings. The van der Waals surface area contributed by atoms with Gasteiger partial charge in [-0.05, 0) is 23.6 Å². The van der Waals surface area contributed by atoms with Gasteiger partial charge in [0, 0.05) is 16.2 Å². The second-order valence-electron chi connectivity index (χ2n) is 6.51. The highest BCUT2D eigenvalue weighted by Gasteiger charge is 2.19. The summed E-state index contributed by atoms with van der Waals surface area (Å²) in [5, 5.41) is 1.38. The minimum atomic E-state index is -4.47. The Morgan fingerprint density at radius 1 is 0.406 bits per heavy atom. The lowest BCUT2D eigenvalue weighted by Crippen LogP contribution is -2.02. The standard InChI is InChI=1S/C10H8O6S2.C10H8O3S/c11-17(12,13)9-5-1-3-7-8(9)4-2-6-10(7)18(14,15)16;11-14(12,13)10-7-3-5-8-4-1-2-6-9(8)10/h1-6H,(H,11,12,13)(H,14,15,16);1-7H,(H,11,12,13). The van der Waals surface area contributed by atoms with Crippen LogP contribution in [0.15, 0.2) is 93.5 Å². The molecule has 0 atom stereocenters. The Bertz CT molecular complexity index is 1560.